The maximum absolute atomic E-state index is 13.0. The van der Waals surface area contributed by atoms with Gasteiger partial charge in [-0.3, -0.25) is 14.4 Å². The summed E-state index contributed by atoms with van der Waals surface area (Å²) in [5.74, 6) is 0.493. The van der Waals surface area contributed by atoms with Gasteiger partial charge in [0.25, 0.3) is 0 Å². The second kappa shape index (κ2) is 49.7. The molecule has 416 valence electrons. The lowest BCUT2D eigenvalue weighted by Gasteiger charge is -2.10. The Kier molecular flexibility index (Phi) is 44.3. The summed E-state index contributed by atoms with van der Waals surface area (Å²) in [6, 6.07) is 12.7. The molecule has 0 unspecified atom stereocenters. The predicted octanol–water partition coefficient (Wildman–Crippen LogP) is 21.7. The first-order valence-electron chi connectivity index (χ1n) is 30.9. The molecule has 0 bridgehead atoms. The lowest BCUT2D eigenvalue weighted by atomic mass is 10.1. The van der Waals surface area contributed by atoms with Crippen molar-refractivity contribution in [3.8, 4) is 17.2 Å². The summed E-state index contributed by atoms with van der Waals surface area (Å²) in [6.07, 6.45) is 66.2. The fourth-order valence-electron chi connectivity index (χ4n) is 9.21. The van der Waals surface area contributed by atoms with Crippen LogP contribution in [0.3, 0.4) is 0 Å². The first-order chi connectivity index (χ1) is 36.4. The number of carbonyl (C=O) groups excluding carboxylic acids is 3. The van der Waals surface area contributed by atoms with E-state index in [1.54, 1.807) is 18.2 Å². The van der Waals surface area contributed by atoms with Crippen LogP contribution in [0.4, 0.5) is 0 Å². The van der Waals surface area contributed by atoms with Crippen LogP contribution >= 0.6 is 0 Å². The average Bonchev–Trinajstić information content (AvgIpc) is 3.39. The van der Waals surface area contributed by atoms with E-state index in [2.05, 4.69) is 57.2 Å². The molecular formula is C68H108O6. The molecule has 0 heterocycles. The largest absolute Gasteiger partial charge is 0.427 e. The molecule has 0 N–H and O–H groups in total. The molecule has 0 saturated heterocycles. The molecule has 74 heavy (non-hydrogen) atoms. The summed E-state index contributed by atoms with van der Waals surface area (Å²) in [5, 5.41) is 0. The van der Waals surface area contributed by atoms with E-state index < -0.39 is 0 Å². The maximum atomic E-state index is 13.0. The molecule has 0 aliphatic heterocycles. The van der Waals surface area contributed by atoms with E-state index in [9.17, 15) is 14.4 Å². The number of hydrogen-bond acceptors (Lipinski definition) is 6. The molecule has 0 aromatic heterocycles. The number of rotatable bonds is 50. The number of benzene rings is 2. The van der Waals surface area contributed by atoms with E-state index >= 15 is 0 Å². The van der Waals surface area contributed by atoms with E-state index in [0.717, 1.165) is 88.2 Å². The molecule has 0 spiro atoms. The Morgan fingerprint density at radius 3 is 0.865 bits per heavy atom. The summed E-state index contributed by atoms with van der Waals surface area (Å²) in [6.45, 7) is 6.79. The fraction of sp³-hybridized carbons (Fsp3) is 0.662. The van der Waals surface area contributed by atoms with Gasteiger partial charge in [-0.25, -0.2) is 0 Å². The summed E-state index contributed by atoms with van der Waals surface area (Å²) in [5.41, 5.74) is 1.66. The van der Waals surface area contributed by atoms with Crippen LogP contribution in [0.1, 0.15) is 302 Å². The molecule has 6 heteroatoms. The van der Waals surface area contributed by atoms with Gasteiger partial charge in [0.05, 0.1) is 0 Å². The van der Waals surface area contributed by atoms with Gasteiger partial charge in [-0.2, -0.15) is 0 Å². The van der Waals surface area contributed by atoms with Crippen LogP contribution in [0.5, 0.6) is 17.2 Å². The van der Waals surface area contributed by atoms with E-state index in [-0.39, 0.29) is 17.9 Å². The number of unbranched alkanes of at least 4 members (excludes halogenated alkanes) is 33. The fourth-order valence-corrected chi connectivity index (χ4v) is 9.21. The Balaban J connectivity index is 1.81. The molecule has 0 aliphatic carbocycles. The third-order valence-corrected chi connectivity index (χ3v) is 13.9. The minimum atomic E-state index is -0.281. The normalized spacial score (nSPS) is 11.8. The Bertz CT molecular complexity index is 1700. The van der Waals surface area contributed by atoms with Gasteiger partial charge in [0.15, 0.2) is 0 Å². The van der Waals surface area contributed by atoms with Crippen LogP contribution in [-0.2, 0) is 14.4 Å². The topological polar surface area (TPSA) is 78.9 Å². The van der Waals surface area contributed by atoms with Gasteiger partial charge in [0, 0.05) is 25.3 Å². The Morgan fingerprint density at radius 1 is 0.297 bits per heavy atom. The molecule has 0 atom stereocenters. The first kappa shape index (κ1) is 65.9. The smallest absolute Gasteiger partial charge is 0.311 e. The van der Waals surface area contributed by atoms with Gasteiger partial charge in [-0.05, 0) is 132 Å². The average molecular weight is 1020 g/mol. The summed E-state index contributed by atoms with van der Waals surface area (Å²) < 4.78 is 17.3. The molecule has 2 aromatic rings. The van der Waals surface area contributed by atoms with Crippen molar-refractivity contribution in [1.29, 1.82) is 0 Å². The second-order valence-electron chi connectivity index (χ2n) is 21.1. The number of ether oxygens (including phenoxy) is 3. The van der Waals surface area contributed by atoms with Gasteiger partial charge in [0.1, 0.15) is 17.2 Å². The Labute approximate surface area is 454 Å². The quantitative estimate of drug-likeness (QED) is 0.0216. The maximum Gasteiger partial charge on any atom is 0.311 e. The zero-order valence-corrected chi connectivity index (χ0v) is 47.8. The monoisotopic (exact) mass is 1020 g/mol. The molecule has 0 amide bonds. The Hall–Kier alpha value is -4.19. The van der Waals surface area contributed by atoms with E-state index in [1.165, 1.54) is 173 Å². The van der Waals surface area contributed by atoms with Crippen molar-refractivity contribution in [2.75, 3.05) is 0 Å². The lowest BCUT2D eigenvalue weighted by Crippen LogP contribution is -2.10. The highest BCUT2D eigenvalue weighted by Crippen LogP contribution is 2.27. The zero-order valence-electron chi connectivity index (χ0n) is 47.8. The number of allylic oxidation sites excluding steroid dienone is 6. The highest BCUT2D eigenvalue weighted by atomic mass is 16.5. The van der Waals surface area contributed by atoms with Crippen LogP contribution in [0.25, 0.3) is 12.2 Å². The van der Waals surface area contributed by atoms with Crippen LogP contribution in [-0.4, -0.2) is 17.9 Å². The van der Waals surface area contributed by atoms with Gasteiger partial charge in [-0.15, -0.1) is 0 Å². The lowest BCUT2D eigenvalue weighted by molar-refractivity contribution is -0.135. The van der Waals surface area contributed by atoms with Gasteiger partial charge < -0.3 is 14.2 Å². The molecular weight excluding hydrogens is 913 g/mol. The highest BCUT2D eigenvalue weighted by molar-refractivity contribution is 5.77. The van der Waals surface area contributed by atoms with Crippen LogP contribution in [0.2, 0.25) is 0 Å². The third-order valence-electron chi connectivity index (χ3n) is 13.9. The molecule has 0 aliphatic rings. The number of carbonyl (C=O) groups is 3. The standard InChI is InChI=1S/C68H108O6/c1-4-7-10-13-16-19-22-25-28-31-34-37-40-43-46-49-66(69)72-63-56-54-61(55-57-63)52-53-62-58-64(73-67(70)50-47-44-41-38-35-32-29-26-23-20-17-14-11-8-5-2)60-65(59-62)74-68(71)51-48-45-42-39-36-33-30-27-24-21-18-15-12-9-6-3/h25-30,52-60H,4-24,31-51H2,1-3H3/b28-25-,29-26-,30-27-,53-52?. The van der Waals surface area contributed by atoms with Crippen molar-refractivity contribution in [2.45, 2.75) is 290 Å². The zero-order chi connectivity index (χ0) is 53.0. The van der Waals surface area contributed by atoms with Crippen molar-refractivity contribution < 1.29 is 28.6 Å². The summed E-state index contributed by atoms with van der Waals surface area (Å²) in [4.78, 5) is 38.7. The van der Waals surface area contributed by atoms with Crippen molar-refractivity contribution >= 4 is 30.1 Å². The Morgan fingerprint density at radius 2 is 0.554 bits per heavy atom. The van der Waals surface area contributed by atoms with Crippen molar-refractivity contribution in [3.05, 3.63) is 90.0 Å². The van der Waals surface area contributed by atoms with Crippen molar-refractivity contribution in [3.63, 3.8) is 0 Å². The predicted molar refractivity (Wildman–Crippen MR) is 317 cm³/mol. The van der Waals surface area contributed by atoms with Crippen molar-refractivity contribution in [1.82, 2.24) is 0 Å². The van der Waals surface area contributed by atoms with Gasteiger partial charge in [0.2, 0.25) is 0 Å². The molecule has 0 radical (unpaired) electrons. The van der Waals surface area contributed by atoms with E-state index in [1.807, 2.05) is 36.4 Å². The van der Waals surface area contributed by atoms with Crippen LogP contribution in [0.15, 0.2) is 78.9 Å². The number of hydrogen-bond donors (Lipinski definition) is 0. The molecule has 2 rings (SSSR count). The second-order valence-corrected chi connectivity index (χ2v) is 21.1. The third kappa shape index (κ3) is 41.1. The van der Waals surface area contributed by atoms with Crippen molar-refractivity contribution in [2.24, 2.45) is 0 Å². The van der Waals surface area contributed by atoms with Crippen LogP contribution < -0.4 is 14.2 Å². The first-order valence-corrected chi connectivity index (χ1v) is 30.9. The highest BCUT2D eigenvalue weighted by Gasteiger charge is 2.12. The molecule has 0 fully saturated rings. The van der Waals surface area contributed by atoms with E-state index in [0.29, 0.717) is 36.5 Å². The molecule has 0 saturated carbocycles. The minimum Gasteiger partial charge on any atom is -0.427 e. The molecule has 2 aromatic carbocycles. The summed E-state index contributed by atoms with van der Waals surface area (Å²) in [7, 11) is 0. The van der Waals surface area contributed by atoms with Crippen LogP contribution in [0, 0.1) is 0 Å². The SMILES string of the molecule is CCCCCCCC/C=C\CCCCCCCC(=O)Oc1ccc(C=Cc2cc(OC(=O)CCCCCCC/C=C\CCCCCCCC)cc(OC(=O)CCCCCCC/C=C\CCCCCCCC)c2)cc1. The minimum absolute atomic E-state index is 0.200. The van der Waals surface area contributed by atoms with E-state index in [4.69, 9.17) is 14.2 Å². The van der Waals surface area contributed by atoms with Gasteiger partial charge >= 0.3 is 17.9 Å². The molecule has 6 nitrogen and oxygen atoms in total. The number of esters is 3. The van der Waals surface area contributed by atoms with Gasteiger partial charge in [-0.1, -0.05) is 236 Å². The summed E-state index contributed by atoms with van der Waals surface area (Å²) >= 11 is 0.